The van der Waals surface area contributed by atoms with Crippen molar-refractivity contribution in [2.24, 2.45) is 0 Å². The second-order valence-electron chi connectivity index (χ2n) is 6.79. The summed E-state index contributed by atoms with van der Waals surface area (Å²) in [5, 5.41) is 6.46. The lowest BCUT2D eigenvalue weighted by Crippen LogP contribution is -2.28. The molecule has 3 aromatic rings. The Labute approximate surface area is 176 Å². The minimum absolute atomic E-state index is 0.152. The van der Waals surface area contributed by atoms with E-state index in [1.165, 1.54) is 0 Å². The lowest BCUT2D eigenvalue weighted by atomic mass is 10.1. The molecule has 3 rings (SSSR count). The lowest BCUT2D eigenvalue weighted by molar-refractivity contribution is 0.503. The van der Waals surface area contributed by atoms with Crippen LogP contribution < -0.4 is 15.4 Å². The maximum absolute atomic E-state index is 12.9. The van der Waals surface area contributed by atoms with Crippen molar-refractivity contribution >= 4 is 38.7 Å². The van der Waals surface area contributed by atoms with Crippen LogP contribution in [0.1, 0.15) is 22.5 Å². The van der Waals surface area contributed by atoms with Crippen molar-refractivity contribution in [2.75, 3.05) is 10.0 Å². The van der Waals surface area contributed by atoms with E-state index in [1.807, 2.05) is 39.0 Å². The minimum Gasteiger partial charge on any atom is -0.467 e. The van der Waals surface area contributed by atoms with Crippen molar-refractivity contribution in [1.82, 2.24) is 5.32 Å². The maximum Gasteiger partial charge on any atom is 0.261 e. The van der Waals surface area contributed by atoms with Crippen LogP contribution in [0, 0.1) is 20.8 Å². The SMILES string of the molecule is Cc1ccc(NS(=O)(=O)c2ccc(C)c(NC(=S)NCc3ccco3)c2)c(C)c1. The first kappa shape index (κ1) is 20.9. The average Bonchev–Trinajstić information content (AvgIpc) is 3.17. The summed E-state index contributed by atoms with van der Waals surface area (Å²) in [6, 6.07) is 14.1. The van der Waals surface area contributed by atoms with Gasteiger partial charge in [0.1, 0.15) is 5.76 Å². The second kappa shape index (κ2) is 8.67. The fraction of sp³-hybridized carbons (Fsp3) is 0.190. The average molecular weight is 430 g/mol. The highest BCUT2D eigenvalue weighted by atomic mass is 32.2. The zero-order chi connectivity index (χ0) is 21.0. The summed E-state index contributed by atoms with van der Waals surface area (Å²) >= 11 is 5.31. The van der Waals surface area contributed by atoms with Crippen LogP contribution >= 0.6 is 12.2 Å². The van der Waals surface area contributed by atoms with Crippen LogP contribution in [0.2, 0.25) is 0 Å². The van der Waals surface area contributed by atoms with E-state index in [9.17, 15) is 8.42 Å². The molecule has 1 heterocycles. The molecule has 0 spiro atoms. The molecule has 1 aromatic heterocycles. The van der Waals surface area contributed by atoms with Gasteiger partial charge in [-0.2, -0.15) is 0 Å². The summed E-state index contributed by atoms with van der Waals surface area (Å²) in [6.07, 6.45) is 1.59. The maximum atomic E-state index is 12.9. The molecule has 6 nitrogen and oxygen atoms in total. The summed E-state index contributed by atoms with van der Waals surface area (Å²) in [6.45, 7) is 6.15. The van der Waals surface area contributed by atoms with Crippen LogP contribution in [-0.4, -0.2) is 13.5 Å². The van der Waals surface area contributed by atoms with Crippen molar-refractivity contribution in [3.8, 4) is 0 Å². The van der Waals surface area contributed by atoms with E-state index in [1.54, 1.807) is 36.6 Å². The number of hydrogen-bond donors (Lipinski definition) is 3. The van der Waals surface area contributed by atoms with Crippen molar-refractivity contribution in [1.29, 1.82) is 0 Å². The van der Waals surface area contributed by atoms with Crippen LogP contribution in [0.5, 0.6) is 0 Å². The van der Waals surface area contributed by atoms with E-state index in [0.717, 1.165) is 22.5 Å². The van der Waals surface area contributed by atoms with Crippen LogP contribution in [0.25, 0.3) is 0 Å². The highest BCUT2D eigenvalue weighted by molar-refractivity contribution is 7.92. The number of furan rings is 1. The molecule has 0 bridgehead atoms. The van der Waals surface area contributed by atoms with Gasteiger partial charge in [0.2, 0.25) is 0 Å². The van der Waals surface area contributed by atoms with E-state index in [2.05, 4.69) is 15.4 Å². The molecule has 0 aliphatic heterocycles. The quantitative estimate of drug-likeness (QED) is 0.501. The van der Waals surface area contributed by atoms with Gasteiger partial charge >= 0.3 is 0 Å². The number of rotatable bonds is 6. The molecule has 0 aliphatic rings. The number of anilines is 2. The topological polar surface area (TPSA) is 83.4 Å². The highest BCUT2D eigenvalue weighted by Crippen LogP contribution is 2.24. The summed E-state index contributed by atoms with van der Waals surface area (Å²) in [5.41, 5.74) is 3.98. The number of hydrogen-bond acceptors (Lipinski definition) is 4. The normalized spacial score (nSPS) is 11.1. The molecule has 0 amide bonds. The van der Waals surface area contributed by atoms with Crippen molar-refractivity contribution in [3.63, 3.8) is 0 Å². The van der Waals surface area contributed by atoms with Gasteiger partial charge in [0, 0.05) is 5.69 Å². The van der Waals surface area contributed by atoms with Crippen molar-refractivity contribution < 1.29 is 12.8 Å². The van der Waals surface area contributed by atoms with E-state index in [4.69, 9.17) is 16.6 Å². The molecule has 3 N–H and O–H groups in total. The van der Waals surface area contributed by atoms with Gasteiger partial charge in [-0.25, -0.2) is 8.42 Å². The number of thiocarbonyl (C=S) groups is 1. The zero-order valence-electron chi connectivity index (χ0n) is 16.4. The Hall–Kier alpha value is -2.84. The van der Waals surface area contributed by atoms with Gasteiger partial charge in [0.05, 0.1) is 23.4 Å². The predicted octanol–water partition coefficient (Wildman–Crippen LogP) is 4.49. The van der Waals surface area contributed by atoms with Crippen molar-refractivity contribution in [2.45, 2.75) is 32.2 Å². The minimum atomic E-state index is -3.74. The fourth-order valence-corrected chi connectivity index (χ4v) is 4.12. The zero-order valence-corrected chi connectivity index (χ0v) is 18.1. The van der Waals surface area contributed by atoms with Crippen LogP contribution in [0.15, 0.2) is 64.1 Å². The smallest absolute Gasteiger partial charge is 0.261 e. The first-order valence-corrected chi connectivity index (χ1v) is 10.9. The Balaban J connectivity index is 1.75. The fourth-order valence-electron chi connectivity index (χ4n) is 2.78. The van der Waals surface area contributed by atoms with Crippen LogP contribution in [-0.2, 0) is 16.6 Å². The number of sulfonamides is 1. The molecule has 152 valence electrons. The van der Waals surface area contributed by atoms with Crippen molar-refractivity contribution in [3.05, 3.63) is 77.2 Å². The van der Waals surface area contributed by atoms with Gasteiger partial charge in [-0.1, -0.05) is 23.8 Å². The molecule has 0 radical (unpaired) electrons. The van der Waals surface area contributed by atoms with Gasteiger partial charge in [-0.3, -0.25) is 4.72 Å². The Bertz CT molecular complexity index is 1120. The summed E-state index contributed by atoms with van der Waals surface area (Å²) in [5.74, 6) is 0.750. The number of aryl methyl sites for hydroxylation is 3. The molecule has 8 heteroatoms. The third kappa shape index (κ3) is 5.36. The van der Waals surface area contributed by atoms with E-state index in [0.29, 0.717) is 23.0 Å². The number of benzene rings is 2. The third-order valence-corrected chi connectivity index (χ3v) is 6.01. The Kier molecular flexibility index (Phi) is 6.24. The molecule has 0 unspecified atom stereocenters. The first-order chi connectivity index (χ1) is 13.7. The van der Waals surface area contributed by atoms with Crippen LogP contribution in [0.4, 0.5) is 11.4 Å². The van der Waals surface area contributed by atoms with Gasteiger partial charge in [-0.05, 0) is 74.4 Å². The van der Waals surface area contributed by atoms with Gasteiger partial charge in [0.25, 0.3) is 10.0 Å². The standard InChI is InChI=1S/C21H23N3O3S2/c1-14-6-9-19(16(3)11-14)24-29(25,26)18-8-7-15(2)20(12-18)23-21(28)22-13-17-5-4-10-27-17/h4-12,24H,13H2,1-3H3,(H2,22,23,28). The van der Waals surface area contributed by atoms with Crippen LogP contribution in [0.3, 0.4) is 0 Å². The van der Waals surface area contributed by atoms with E-state index >= 15 is 0 Å². The van der Waals surface area contributed by atoms with Gasteiger partial charge < -0.3 is 15.1 Å². The monoisotopic (exact) mass is 429 g/mol. The Morgan fingerprint density at radius 3 is 2.48 bits per heavy atom. The molecule has 0 saturated heterocycles. The summed E-state index contributed by atoms with van der Waals surface area (Å²) in [4.78, 5) is 0.152. The molecule has 29 heavy (non-hydrogen) atoms. The molecular weight excluding hydrogens is 406 g/mol. The highest BCUT2D eigenvalue weighted by Gasteiger charge is 2.17. The lowest BCUT2D eigenvalue weighted by Gasteiger charge is -2.15. The third-order valence-electron chi connectivity index (χ3n) is 4.40. The number of nitrogens with one attached hydrogen (secondary N) is 3. The van der Waals surface area contributed by atoms with E-state index < -0.39 is 10.0 Å². The summed E-state index contributed by atoms with van der Waals surface area (Å²) < 4.78 is 33.7. The van der Waals surface area contributed by atoms with Gasteiger partial charge in [0.15, 0.2) is 5.11 Å². The second-order valence-corrected chi connectivity index (χ2v) is 8.88. The molecule has 0 aliphatic carbocycles. The Morgan fingerprint density at radius 2 is 1.79 bits per heavy atom. The molecule has 0 saturated carbocycles. The summed E-state index contributed by atoms with van der Waals surface area (Å²) in [7, 11) is -3.74. The molecule has 2 aromatic carbocycles. The van der Waals surface area contributed by atoms with E-state index in [-0.39, 0.29) is 4.90 Å². The first-order valence-electron chi connectivity index (χ1n) is 9.02. The Morgan fingerprint density at radius 1 is 1.00 bits per heavy atom. The molecule has 0 atom stereocenters. The van der Waals surface area contributed by atoms with Gasteiger partial charge in [-0.15, -0.1) is 0 Å². The largest absolute Gasteiger partial charge is 0.467 e. The molecular formula is C21H23N3O3S2. The predicted molar refractivity (Wildman–Crippen MR) is 120 cm³/mol. The molecule has 0 fully saturated rings.